The lowest BCUT2D eigenvalue weighted by atomic mass is 10.1. The fourth-order valence-electron chi connectivity index (χ4n) is 3.35. The molecule has 0 saturated heterocycles. The highest BCUT2D eigenvalue weighted by Gasteiger charge is 2.15. The number of rotatable bonds is 5. The average Bonchev–Trinajstić information content (AvgIpc) is 2.78. The van der Waals surface area contributed by atoms with Crippen LogP contribution in [0.15, 0.2) is 71.5 Å². The van der Waals surface area contributed by atoms with Gasteiger partial charge in [-0.15, -0.1) is 0 Å². The fourth-order valence-corrected chi connectivity index (χ4v) is 3.68. The van der Waals surface area contributed by atoms with E-state index in [9.17, 15) is 14.4 Å². The van der Waals surface area contributed by atoms with E-state index in [1.165, 1.54) is 6.07 Å². The largest absolute Gasteiger partial charge is 0.454 e. The third kappa shape index (κ3) is 4.40. The van der Waals surface area contributed by atoms with Gasteiger partial charge in [0.15, 0.2) is 12.0 Å². The summed E-state index contributed by atoms with van der Waals surface area (Å²) in [6, 6.07) is 18.7. The van der Waals surface area contributed by atoms with Crippen LogP contribution in [0.3, 0.4) is 0 Å². The third-order valence-corrected chi connectivity index (χ3v) is 5.30. The summed E-state index contributed by atoms with van der Waals surface area (Å²) in [5, 5.41) is 4.29. The van der Waals surface area contributed by atoms with Crippen molar-refractivity contribution in [1.29, 1.82) is 0 Å². The van der Waals surface area contributed by atoms with E-state index in [1.54, 1.807) is 65.2 Å². The molecular weight excluding hydrogens is 439 g/mol. The molecule has 31 heavy (non-hydrogen) atoms. The minimum absolute atomic E-state index is 0.103. The summed E-state index contributed by atoms with van der Waals surface area (Å²) >= 11 is 11.9. The van der Waals surface area contributed by atoms with Gasteiger partial charge in [-0.2, -0.15) is 0 Å². The number of esters is 1. The monoisotopic (exact) mass is 454 g/mol. The van der Waals surface area contributed by atoms with Crippen LogP contribution in [0.1, 0.15) is 0 Å². The number of nitrogens with one attached hydrogen (secondary N) is 1. The summed E-state index contributed by atoms with van der Waals surface area (Å²) in [6.07, 6.45) is 0. The molecule has 156 valence electrons. The van der Waals surface area contributed by atoms with Gasteiger partial charge in [0.2, 0.25) is 0 Å². The minimum Gasteiger partial charge on any atom is -0.454 e. The molecule has 0 saturated carbocycles. The molecule has 0 spiro atoms. The van der Waals surface area contributed by atoms with Crippen molar-refractivity contribution >= 4 is 62.6 Å². The Kier molecular flexibility index (Phi) is 5.93. The van der Waals surface area contributed by atoms with Crippen LogP contribution < -0.4 is 10.7 Å². The first kappa shape index (κ1) is 20.9. The summed E-state index contributed by atoms with van der Waals surface area (Å²) in [5.41, 5.74) is 1.44. The highest BCUT2D eigenvalue weighted by Crippen LogP contribution is 2.25. The Hall–Kier alpha value is -3.35. The van der Waals surface area contributed by atoms with Crippen LogP contribution in [0, 0.1) is 0 Å². The van der Waals surface area contributed by atoms with Crippen molar-refractivity contribution in [3.05, 3.63) is 87.0 Å². The lowest BCUT2D eigenvalue weighted by molar-refractivity contribution is -0.147. The number of fused-ring (bicyclic) bond motifs is 2. The number of hydrogen-bond acceptors (Lipinski definition) is 4. The fraction of sp³-hybridized carbons (Fsp3) is 0.0870. The van der Waals surface area contributed by atoms with Gasteiger partial charge in [0.05, 0.1) is 21.7 Å². The van der Waals surface area contributed by atoms with Crippen molar-refractivity contribution in [2.45, 2.75) is 6.54 Å². The molecule has 0 aliphatic carbocycles. The second-order valence-electron chi connectivity index (χ2n) is 6.78. The summed E-state index contributed by atoms with van der Waals surface area (Å²) in [4.78, 5) is 37.4. The summed E-state index contributed by atoms with van der Waals surface area (Å²) in [6.45, 7) is -0.649. The molecule has 0 fully saturated rings. The Labute approximate surface area is 186 Å². The normalized spacial score (nSPS) is 10.9. The molecule has 1 heterocycles. The first-order valence-corrected chi connectivity index (χ1v) is 10.1. The SMILES string of the molecule is O=C(COC(=O)Cn1c2ccccc2c(=O)c2ccccc21)Nc1cc(Cl)ccc1Cl. The van der Waals surface area contributed by atoms with Crippen molar-refractivity contribution in [2.24, 2.45) is 0 Å². The van der Waals surface area contributed by atoms with Gasteiger partial charge in [-0.1, -0.05) is 47.5 Å². The molecule has 0 aliphatic heterocycles. The smallest absolute Gasteiger partial charge is 0.326 e. The van der Waals surface area contributed by atoms with Crippen LogP contribution in [-0.4, -0.2) is 23.1 Å². The summed E-state index contributed by atoms with van der Waals surface area (Å²) < 4.78 is 6.86. The van der Waals surface area contributed by atoms with Crippen LogP contribution >= 0.6 is 23.2 Å². The molecule has 3 aromatic carbocycles. The van der Waals surface area contributed by atoms with Gasteiger partial charge in [0, 0.05) is 15.8 Å². The summed E-state index contributed by atoms with van der Waals surface area (Å²) in [7, 11) is 0. The number of hydrogen-bond donors (Lipinski definition) is 1. The van der Waals surface area contributed by atoms with Gasteiger partial charge in [-0.05, 0) is 42.5 Å². The van der Waals surface area contributed by atoms with Gasteiger partial charge in [0.25, 0.3) is 5.91 Å². The van der Waals surface area contributed by atoms with Crippen molar-refractivity contribution in [1.82, 2.24) is 4.57 Å². The van der Waals surface area contributed by atoms with Crippen LogP contribution in [0.2, 0.25) is 10.0 Å². The molecule has 8 heteroatoms. The molecule has 0 unspecified atom stereocenters. The van der Waals surface area contributed by atoms with Crippen molar-refractivity contribution in [3.8, 4) is 0 Å². The molecule has 0 bridgehead atoms. The lowest BCUT2D eigenvalue weighted by Gasteiger charge is -2.14. The number of para-hydroxylation sites is 2. The van der Waals surface area contributed by atoms with Gasteiger partial charge < -0.3 is 14.6 Å². The van der Waals surface area contributed by atoms with E-state index in [0.29, 0.717) is 37.5 Å². The van der Waals surface area contributed by atoms with E-state index >= 15 is 0 Å². The Morgan fingerprint density at radius 2 is 1.52 bits per heavy atom. The lowest BCUT2D eigenvalue weighted by Crippen LogP contribution is -2.24. The second-order valence-corrected chi connectivity index (χ2v) is 7.63. The zero-order valence-corrected chi connectivity index (χ0v) is 17.6. The Morgan fingerprint density at radius 1 is 0.903 bits per heavy atom. The van der Waals surface area contributed by atoms with Gasteiger partial charge in [-0.25, -0.2) is 0 Å². The van der Waals surface area contributed by atoms with Crippen molar-refractivity contribution < 1.29 is 14.3 Å². The maximum absolute atomic E-state index is 12.8. The Bertz CT molecular complexity index is 1320. The topological polar surface area (TPSA) is 77.4 Å². The number of ether oxygens (including phenoxy) is 1. The highest BCUT2D eigenvalue weighted by molar-refractivity contribution is 6.35. The van der Waals surface area contributed by atoms with Crippen molar-refractivity contribution in [3.63, 3.8) is 0 Å². The number of pyridine rings is 1. The number of carbonyl (C=O) groups is 2. The van der Waals surface area contributed by atoms with E-state index in [2.05, 4.69) is 5.32 Å². The molecule has 4 rings (SSSR count). The first-order valence-electron chi connectivity index (χ1n) is 9.35. The maximum Gasteiger partial charge on any atom is 0.326 e. The molecule has 4 aromatic rings. The van der Waals surface area contributed by atoms with Crippen LogP contribution in [0.5, 0.6) is 0 Å². The maximum atomic E-state index is 12.8. The number of benzene rings is 3. The predicted octanol–water partition coefficient (Wildman–Crippen LogP) is 4.64. The zero-order valence-electron chi connectivity index (χ0n) is 16.1. The van der Waals surface area contributed by atoms with Gasteiger partial charge >= 0.3 is 5.97 Å². The molecule has 0 atom stereocenters. The van der Waals surface area contributed by atoms with E-state index in [0.717, 1.165) is 0 Å². The first-order chi connectivity index (χ1) is 14.9. The number of halogens is 2. The van der Waals surface area contributed by atoms with E-state index in [4.69, 9.17) is 27.9 Å². The summed E-state index contributed by atoms with van der Waals surface area (Å²) in [5.74, 6) is -1.17. The van der Waals surface area contributed by atoms with Crippen LogP contribution in [0.4, 0.5) is 5.69 Å². The molecule has 1 amide bonds. The third-order valence-electron chi connectivity index (χ3n) is 4.73. The van der Waals surface area contributed by atoms with E-state index in [-0.39, 0.29) is 12.0 Å². The number of anilines is 1. The number of amides is 1. The molecular formula is C23H16Cl2N2O4. The molecule has 6 nitrogen and oxygen atoms in total. The van der Waals surface area contributed by atoms with Crippen molar-refractivity contribution in [2.75, 3.05) is 11.9 Å². The quantitative estimate of drug-likeness (QED) is 0.351. The molecule has 1 aromatic heterocycles. The zero-order chi connectivity index (χ0) is 22.0. The Morgan fingerprint density at radius 3 is 2.16 bits per heavy atom. The molecule has 0 radical (unpaired) electrons. The van der Waals surface area contributed by atoms with Gasteiger partial charge in [0.1, 0.15) is 6.54 Å². The van der Waals surface area contributed by atoms with E-state index < -0.39 is 18.5 Å². The second kappa shape index (κ2) is 8.79. The van der Waals surface area contributed by atoms with Gasteiger partial charge in [-0.3, -0.25) is 14.4 Å². The standard InChI is InChI=1S/C23H16Cl2N2O4/c24-14-9-10-17(25)18(11-14)26-21(28)13-31-22(29)12-27-19-7-3-1-5-15(19)23(30)16-6-2-4-8-20(16)27/h1-11H,12-13H2,(H,26,28). The Balaban J connectivity index is 1.53. The number of aromatic nitrogens is 1. The molecule has 1 N–H and O–H groups in total. The molecule has 0 aliphatic rings. The van der Waals surface area contributed by atoms with E-state index in [1.807, 2.05) is 0 Å². The highest BCUT2D eigenvalue weighted by atomic mass is 35.5. The minimum atomic E-state index is -0.619. The average molecular weight is 455 g/mol. The predicted molar refractivity (Wildman–Crippen MR) is 122 cm³/mol. The van der Waals surface area contributed by atoms with Crippen LogP contribution in [-0.2, 0) is 20.9 Å². The number of nitrogens with zero attached hydrogens (tertiary/aromatic N) is 1. The number of carbonyl (C=O) groups excluding carboxylic acids is 2. The van der Waals surface area contributed by atoms with Crippen LogP contribution in [0.25, 0.3) is 21.8 Å².